The van der Waals surface area contributed by atoms with E-state index in [0.29, 0.717) is 5.92 Å². The van der Waals surface area contributed by atoms with Gasteiger partial charge in [-0.1, -0.05) is 115 Å². The molecule has 0 heterocycles. The average Bonchev–Trinajstić information content (AvgIpc) is 2.79. The molecule has 0 amide bonds. The lowest BCUT2D eigenvalue weighted by atomic mass is 9.83. The Morgan fingerprint density at radius 2 is 1.03 bits per heavy atom. The van der Waals surface area contributed by atoms with Gasteiger partial charge in [-0.2, -0.15) is 0 Å². The van der Waals surface area contributed by atoms with Gasteiger partial charge in [0.25, 0.3) is 0 Å². The Bertz CT molecular complexity index is 1240. The van der Waals surface area contributed by atoms with E-state index < -0.39 is 0 Å². The van der Waals surface area contributed by atoms with Crippen LogP contribution in [-0.4, -0.2) is 0 Å². The zero-order valence-corrected chi connectivity index (χ0v) is 16.5. The van der Waals surface area contributed by atoms with Crippen molar-refractivity contribution >= 4 is 21.5 Å². The second-order valence-corrected chi connectivity index (χ2v) is 7.80. The van der Waals surface area contributed by atoms with Crippen molar-refractivity contribution < 1.29 is 0 Å². The van der Waals surface area contributed by atoms with Crippen LogP contribution in [-0.2, 0) is 12.8 Å². The van der Waals surface area contributed by atoms with Crippen LogP contribution in [0, 0.1) is 0 Å². The van der Waals surface area contributed by atoms with Crippen molar-refractivity contribution in [2.45, 2.75) is 18.8 Å². The summed E-state index contributed by atoms with van der Waals surface area (Å²) in [5.74, 6) is 0.425. The van der Waals surface area contributed by atoms with E-state index >= 15 is 0 Å². The van der Waals surface area contributed by atoms with Crippen LogP contribution in [0.2, 0.25) is 0 Å². The minimum Gasteiger partial charge on any atom is -0.0622 e. The van der Waals surface area contributed by atoms with Crippen LogP contribution < -0.4 is 0 Å². The first kappa shape index (κ1) is 17.7. The third-order valence-corrected chi connectivity index (χ3v) is 5.93. The molecule has 140 valence electrons. The highest BCUT2D eigenvalue weighted by Crippen LogP contribution is 2.33. The summed E-state index contributed by atoms with van der Waals surface area (Å²) in [5, 5.41) is 5.38. The second kappa shape index (κ2) is 7.93. The predicted octanol–water partition coefficient (Wildman–Crippen LogP) is 7.56. The monoisotopic (exact) mass is 372 g/mol. The minimum absolute atomic E-state index is 0.425. The van der Waals surface area contributed by atoms with Crippen LogP contribution in [0.1, 0.15) is 22.6 Å². The van der Waals surface area contributed by atoms with Crippen molar-refractivity contribution in [1.29, 1.82) is 0 Å². The van der Waals surface area contributed by atoms with Gasteiger partial charge in [0.2, 0.25) is 0 Å². The van der Waals surface area contributed by atoms with Gasteiger partial charge in [-0.15, -0.1) is 0 Å². The largest absolute Gasteiger partial charge is 0.0622 e. The van der Waals surface area contributed by atoms with Crippen LogP contribution in [0.25, 0.3) is 21.5 Å². The van der Waals surface area contributed by atoms with Crippen molar-refractivity contribution in [2.24, 2.45) is 0 Å². The minimum atomic E-state index is 0.425. The Balaban J connectivity index is 1.62. The van der Waals surface area contributed by atoms with Gasteiger partial charge in [-0.05, 0) is 57.0 Å². The van der Waals surface area contributed by atoms with Gasteiger partial charge in [0, 0.05) is 0 Å². The Morgan fingerprint density at radius 1 is 0.448 bits per heavy atom. The topological polar surface area (TPSA) is 0 Å². The molecule has 1 atom stereocenters. The molecule has 0 spiro atoms. The number of benzene rings is 5. The molecule has 0 heteroatoms. The van der Waals surface area contributed by atoms with E-state index in [0.717, 1.165) is 12.8 Å². The van der Waals surface area contributed by atoms with Crippen LogP contribution in [0.15, 0.2) is 115 Å². The first-order valence-corrected chi connectivity index (χ1v) is 10.4. The van der Waals surface area contributed by atoms with Gasteiger partial charge in [0.05, 0.1) is 0 Å². The van der Waals surface area contributed by atoms with Crippen LogP contribution in [0.3, 0.4) is 0 Å². The van der Waals surface area contributed by atoms with E-state index in [9.17, 15) is 0 Å². The molecule has 0 fully saturated rings. The van der Waals surface area contributed by atoms with Gasteiger partial charge >= 0.3 is 0 Å². The molecule has 0 aliphatic carbocycles. The Morgan fingerprint density at radius 3 is 1.83 bits per heavy atom. The summed E-state index contributed by atoms with van der Waals surface area (Å²) in [7, 11) is 0. The zero-order chi connectivity index (χ0) is 19.5. The van der Waals surface area contributed by atoms with E-state index in [1.807, 2.05) is 0 Å². The molecule has 0 aromatic heterocycles. The number of hydrogen-bond donors (Lipinski definition) is 0. The fraction of sp³-hybridized carbons (Fsp3) is 0.103. The SMILES string of the molecule is c1ccc(CC(Cc2cccc3ccccc23)c2cccc3ccccc23)cc1. The van der Waals surface area contributed by atoms with E-state index in [4.69, 9.17) is 0 Å². The van der Waals surface area contributed by atoms with Gasteiger partial charge in [0.15, 0.2) is 0 Å². The molecular formula is C29H24. The summed E-state index contributed by atoms with van der Waals surface area (Å²) in [6, 6.07) is 41.9. The molecule has 0 N–H and O–H groups in total. The van der Waals surface area contributed by atoms with Crippen molar-refractivity contribution in [2.75, 3.05) is 0 Å². The van der Waals surface area contributed by atoms with E-state index in [1.165, 1.54) is 38.2 Å². The molecule has 0 bridgehead atoms. The smallest absolute Gasteiger partial charge is 0.00747 e. The van der Waals surface area contributed by atoms with Crippen LogP contribution in [0.4, 0.5) is 0 Å². The third-order valence-electron chi connectivity index (χ3n) is 5.93. The molecule has 0 nitrogen and oxygen atoms in total. The van der Waals surface area contributed by atoms with Crippen molar-refractivity contribution in [3.8, 4) is 0 Å². The summed E-state index contributed by atoms with van der Waals surface area (Å²) in [6.45, 7) is 0. The molecule has 0 aliphatic heterocycles. The number of fused-ring (bicyclic) bond motifs is 2. The van der Waals surface area contributed by atoms with E-state index in [1.54, 1.807) is 0 Å². The molecule has 0 saturated carbocycles. The highest BCUT2D eigenvalue weighted by molar-refractivity contribution is 5.87. The van der Waals surface area contributed by atoms with E-state index in [-0.39, 0.29) is 0 Å². The van der Waals surface area contributed by atoms with Crippen LogP contribution in [0.5, 0.6) is 0 Å². The number of hydrogen-bond acceptors (Lipinski definition) is 0. The normalized spacial score (nSPS) is 12.3. The Hall–Kier alpha value is -3.38. The highest BCUT2D eigenvalue weighted by Gasteiger charge is 2.17. The molecular weight excluding hydrogens is 348 g/mol. The Kier molecular flexibility index (Phi) is 4.84. The molecule has 5 aromatic carbocycles. The summed E-state index contributed by atoms with van der Waals surface area (Å²) in [5.41, 5.74) is 4.27. The standard InChI is InChI=1S/C29H24/c1-2-10-22(11-3-1)20-26(29-19-9-15-24-13-5-7-18-28(24)29)21-25-16-8-14-23-12-4-6-17-27(23)25/h1-19,26H,20-21H2. The first-order chi connectivity index (χ1) is 14.4. The predicted molar refractivity (Wildman–Crippen MR) is 124 cm³/mol. The fourth-order valence-corrected chi connectivity index (χ4v) is 4.53. The van der Waals surface area contributed by atoms with Gasteiger partial charge in [-0.25, -0.2) is 0 Å². The molecule has 0 radical (unpaired) electrons. The lowest BCUT2D eigenvalue weighted by molar-refractivity contribution is 0.688. The molecule has 29 heavy (non-hydrogen) atoms. The molecule has 1 unspecified atom stereocenters. The maximum atomic E-state index is 2.32. The van der Waals surface area contributed by atoms with Gasteiger partial charge < -0.3 is 0 Å². The lowest BCUT2D eigenvalue weighted by Gasteiger charge is -2.21. The molecule has 0 saturated heterocycles. The summed E-state index contributed by atoms with van der Waals surface area (Å²) < 4.78 is 0. The molecule has 0 aliphatic rings. The first-order valence-electron chi connectivity index (χ1n) is 10.4. The van der Waals surface area contributed by atoms with Crippen LogP contribution >= 0.6 is 0 Å². The zero-order valence-electron chi connectivity index (χ0n) is 16.5. The average molecular weight is 373 g/mol. The van der Waals surface area contributed by atoms with Crippen molar-refractivity contribution in [3.05, 3.63) is 132 Å². The van der Waals surface area contributed by atoms with E-state index in [2.05, 4.69) is 115 Å². The highest BCUT2D eigenvalue weighted by atomic mass is 14.2. The maximum absolute atomic E-state index is 2.32. The third kappa shape index (κ3) is 3.67. The quantitative estimate of drug-likeness (QED) is 0.298. The number of rotatable bonds is 5. The Labute approximate surface area is 172 Å². The summed E-state index contributed by atoms with van der Waals surface area (Å²) in [6.07, 6.45) is 2.07. The van der Waals surface area contributed by atoms with Gasteiger partial charge in [0.1, 0.15) is 0 Å². The lowest BCUT2D eigenvalue weighted by Crippen LogP contribution is -2.08. The second-order valence-electron chi connectivity index (χ2n) is 7.80. The van der Waals surface area contributed by atoms with Crippen molar-refractivity contribution in [1.82, 2.24) is 0 Å². The maximum Gasteiger partial charge on any atom is -0.00747 e. The molecule has 5 aromatic rings. The molecule has 5 rings (SSSR count). The summed E-state index contributed by atoms with van der Waals surface area (Å²) >= 11 is 0. The van der Waals surface area contributed by atoms with Gasteiger partial charge in [-0.3, -0.25) is 0 Å². The van der Waals surface area contributed by atoms with Crippen molar-refractivity contribution in [3.63, 3.8) is 0 Å². The summed E-state index contributed by atoms with van der Waals surface area (Å²) in [4.78, 5) is 0. The fourth-order valence-electron chi connectivity index (χ4n) is 4.53.